The Bertz CT molecular complexity index is 1020. The Kier molecular flexibility index (Phi) is 3.91. The molecule has 0 bridgehead atoms. The van der Waals surface area contributed by atoms with E-state index in [1.165, 1.54) is 0 Å². The highest BCUT2D eigenvalue weighted by Crippen LogP contribution is 2.41. The van der Waals surface area contributed by atoms with Crippen LogP contribution in [0.2, 0.25) is 5.02 Å². The molecule has 1 saturated heterocycles. The van der Waals surface area contributed by atoms with Gasteiger partial charge in [0.2, 0.25) is 0 Å². The van der Waals surface area contributed by atoms with Crippen LogP contribution in [-0.4, -0.2) is 39.8 Å². The zero-order valence-corrected chi connectivity index (χ0v) is 15.6. The van der Waals surface area contributed by atoms with Gasteiger partial charge >= 0.3 is 0 Å². The molecule has 0 saturated carbocycles. The van der Waals surface area contributed by atoms with Gasteiger partial charge < -0.3 is 10.1 Å². The molecule has 0 radical (unpaired) electrons. The molecule has 138 valence electrons. The van der Waals surface area contributed by atoms with E-state index >= 15 is 0 Å². The highest BCUT2D eigenvalue weighted by Gasteiger charge is 2.27. The number of aromatic nitrogens is 4. The van der Waals surface area contributed by atoms with Crippen LogP contribution in [0.3, 0.4) is 0 Å². The molecule has 8 heteroatoms. The van der Waals surface area contributed by atoms with Crippen LogP contribution in [-0.2, 0) is 6.54 Å². The van der Waals surface area contributed by atoms with Crippen molar-refractivity contribution in [1.82, 2.24) is 24.9 Å². The quantitative estimate of drug-likeness (QED) is 0.750. The minimum Gasteiger partial charge on any atom is -0.496 e. The maximum absolute atomic E-state index is 6.29. The summed E-state index contributed by atoms with van der Waals surface area (Å²) < 4.78 is 9.58. The van der Waals surface area contributed by atoms with Gasteiger partial charge in [-0.15, -0.1) is 0 Å². The Hall–Kier alpha value is -2.77. The number of hydrogen-bond donors (Lipinski definition) is 1. The van der Waals surface area contributed by atoms with E-state index in [4.69, 9.17) is 21.4 Å². The zero-order valence-electron chi connectivity index (χ0n) is 14.8. The van der Waals surface area contributed by atoms with E-state index in [1.807, 2.05) is 39.8 Å². The summed E-state index contributed by atoms with van der Waals surface area (Å²) >= 11 is 6.29. The Morgan fingerprint density at radius 2 is 2.15 bits per heavy atom. The van der Waals surface area contributed by atoms with E-state index in [2.05, 4.69) is 33.8 Å². The number of benzene rings is 1. The topological polar surface area (TPSA) is 60.1 Å². The van der Waals surface area contributed by atoms with E-state index in [-0.39, 0.29) is 0 Å². The number of hydrogen-bond acceptors (Lipinski definition) is 5. The van der Waals surface area contributed by atoms with Gasteiger partial charge in [0.1, 0.15) is 17.3 Å². The highest BCUT2D eigenvalue weighted by atomic mass is 35.5. The fraction of sp³-hybridized carbons (Fsp3) is 0.263. The lowest BCUT2D eigenvalue weighted by molar-refractivity contribution is 0.318. The second kappa shape index (κ2) is 6.44. The standard InChI is InChI=1S/C19H19ClN6O/c1-27-17-4-3-13(20)9-15(17)19-16(12-26(23-19)14-10-21-11-14)24-7-2-8-25-18(24)5-6-22-25/h2-7,9,12,14,21H,8,10-11H2,1H3. The van der Waals surface area contributed by atoms with Gasteiger partial charge in [0, 0.05) is 35.9 Å². The summed E-state index contributed by atoms with van der Waals surface area (Å²) in [4.78, 5) is 2.11. The molecule has 1 aromatic carbocycles. The van der Waals surface area contributed by atoms with Crippen molar-refractivity contribution in [1.29, 1.82) is 0 Å². The molecule has 0 atom stereocenters. The third-order valence-corrected chi connectivity index (χ3v) is 5.23. The summed E-state index contributed by atoms with van der Waals surface area (Å²) in [6.07, 6.45) is 8.06. The molecule has 0 aliphatic carbocycles. The summed E-state index contributed by atoms with van der Waals surface area (Å²) in [6.45, 7) is 2.59. The van der Waals surface area contributed by atoms with Crippen LogP contribution in [0.25, 0.3) is 11.3 Å². The summed E-state index contributed by atoms with van der Waals surface area (Å²) in [7, 11) is 1.66. The Morgan fingerprint density at radius 1 is 1.26 bits per heavy atom. The summed E-state index contributed by atoms with van der Waals surface area (Å²) in [5.74, 6) is 1.75. The van der Waals surface area contributed by atoms with Crippen LogP contribution in [0, 0.1) is 0 Å². The Morgan fingerprint density at radius 3 is 2.93 bits per heavy atom. The van der Waals surface area contributed by atoms with Crippen molar-refractivity contribution in [2.75, 3.05) is 25.1 Å². The van der Waals surface area contributed by atoms with E-state index in [1.54, 1.807) is 7.11 Å². The molecule has 0 amide bonds. The van der Waals surface area contributed by atoms with Crippen molar-refractivity contribution in [2.45, 2.75) is 12.6 Å². The Balaban J connectivity index is 1.69. The van der Waals surface area contributed by atoms with Gasteiger partial charge in [-0.2, -0.15) is 10.2 Å². The van der Waals surface area contributed by atoms with Crippen LogP contribution < -0.4 is 15.0 Å². The van der Waals surface area contributed by atoms with Crippen LogP contribution in [0.5, 0.6) is 5.75 Å². The number of methoxy groups -OCH3 is 1. The lowest BCUT2D eigenvalue weighted by Gasteiger charge is -2.27. The number of anilines is 2. The maximum atomic E-state index is 6.29. The molecule has 2 aliphatic heterocycles. The number of allylic oxidation sites excluding steroid dienone is 1. The fourth-order valence-electron chi connectivity index (χ4n) is 3.47. The van der Waals surface area contributed by atoms with Crippen molar-refractivity contribution in [2.24, 2.45) is 0 Å². The number of fused-ring (bicyclic) bond motifs is 1. The molecule has 0 unspecified atom stereocenters. The molecular weight excluding hydrogens is 364 g/mol. The first-order valence-electron chi connectivity index (χ1n) is 8.86. The van der Waals surface area contributed by atoms with Gasteiger partial charge in [-0.3, -0.25) is 9.58 Å². The molecule has 2 aliphatic rings. The average Bonchev–Trinajstić information content (AvgIpc) is 3.27. The van der Waals surface area contributed by atoms with Gasteiger partial charge in [0.05, 0.1) is 37.8 Å². The van der Waals surface area contributed by atoms with E-state index < -0.39 is 0 Å². The van der Waals surface area contributed by atoms with Crippen molar-refractivity contribution >= 4 is 23.1 Å². The normalized spacial score (nSPS) is 16.3. The SMILES string of the molecule is COc1ccc(Cl)cc1-c1nn(C2CNC2)cc1N1C=CCn2nccc21. The van der Waals surface area contributed by atoms with Crippen LogP contribution in [0.4, 0.5) is 11.5 Å². The van der Waals surface area contributed by atoms with Gasteiger partial charge in [0.15, 0.2) is 0 Å². The number of ether oxygens (including phenoxy) is 1. The lowest BCUT2D eigenvalue weighted by atomic mass is 10.1. The van der Waals surface area contributed by atoms with Gasteiger partial charge in [0.25, 0.3) is 0 Å². The van der Waals surface area contributed by atoms with Crippen LogP contribution >= 0.6 is 11.6 Å². The molecule has 7 nitrogen and oxygen atoms in total. The minimum atomic E-state index is 0.348. The summed E-state index contributed by atoms with van der Waals surface area (Å²) in [6, 6.07) is 7.96. The molecule has 1 fully saturated rings. The molecule has 5 rings (SSSR count). The Labute approximate surface area is 161 Å². The average molecular weight is 383 g/mol. The highest BCUT2D eigenvalue weighted by molar-refractivity contribution is 6.31. The lowest BCUT2D eigenvalue weighted by Crippen LogP contribution is -2.43. The zero-order chi connectivity index (χ0) is 18.4. The first kappa shape index (κ1) is 16.4. The minimum absolute atomic E-state index is 0.348. The summed E-state index contributed by atoms with van der Waals surface area (Å²) in [5.41, 5.74) is 2.68. The molecule has 2 aromatic heterocycles. The van der Waals surface area contributed by atoms with Crippen molar-refractivity contribution in [3.63, 3.8) is 0 Å². The summed E-state index contributed by atoms with van der Waals surface area (Å²) in [5, 5.41) is 13.3. The third kappa shape index (κ3) is 2.70. The van der Waals surface area contributed by atoms with Crippen LogP contribution in [0.15, 0.2) is 48.9 Å². The van der Waals surface area contributed by atoms with Crippen molar-refractivity contribution < 1.29 is 4.74 Å². The number of nitrogens with zero attached hydrogens (tertiary/aromatic N) is 5. The first-order valence-corrected chi connectivity index (χ1v) is 9.24. The molecule has 1 N–H and O–H groups in total. The van der Waals surface area contributed by atoms with Crippen molar-refractivity contribution in [3.8, 4) is 17.0 Å². The molecule has 27 heavy (non-hydrogen) atoms. The molecule has 3 aromatic rings. The number of nitrogens with one attached hydrogen (secondary N) is 1. The second-order valence-electron chi connectivity index (χ2n) is 6.63. The van der Waals surface area contributed by atoms with Gasteiger partial charge in [-0.1, -0.05) is 11.6 Å². The predicted molar refractivity (Wildman–Crippen MR) is 105 cm³/mol. The predicted octanol–water partition coefficient (Wildman–Crippen LogP) is 3.22. The maximum Gasteiger partial charge on any atom is 0.135 e. The smallest absolute Gasteiger partial charge is 0.135 e. The molecule has 4 heterocycles. The largest absolute Gasteiger partial charge is 0.496 e. The number of halogens is 1. The molecule has 0 spiro atoms. The third-order valence-electron chi connectivity index (χ3n) is 5.00. The first-order chi connectivity index (χ1) is 13.2. The van der Waals surface area contributed by atoms with Crippen LogP contribution in [0.1, 0.15) is 6.04 Å². The second-order valence-corrected chi connectivity index (χ2v) is 7.06. The monoisotopic (exact) mass is 382 g/mol. The fourth-order valence-corrected chi connectivity index (χ4v) is 3.64. The van der Waals surface area contributed by atoms with Gasteiger partial charge in [-0.05, 0) is 24.3 Å². The van der Waals surface area contributed by atoms with Crippen molar-refractivity contribution in [3.05, 3.63) is 54.0 Å². The van der Waals surface area contributed by atoms with Gasteiger partial charge in [-0.25, -0.2) is 4.68 Å². The molecular formula is C19H19ClN6O. The van der Waals surface area contributed by atoms with E-state index in [0.717, 1.165) is 48.1 Å². The van der Waals surface area contributed by atoms with E-state index in [9.17, 15) is 0 Å². The van der Waals surface area contributed by atoms with E-state index in [0.29, 0.717) is 11.1 Å². The number of rotatable bonds is 4.